The summed E-state index contributed by atoms with van der Waals surface area (Å²) in [5.74, 6) is 1.16. The lowest BCUT2D eigenvalue weighted by molar-refractivity contribution is -0.120. The molecular weight excluding hydrogens is 289 g/mol. The number of aromatic nitrogens is 1. The Labute approximate surface area is 129 Å². The molecule has 22 heavy (non-hydrogen) atoms. The first-order chi connectivity index (χ1) is 10.6. The average Bonchev–Trinajstić information content (AvgIpc) is 2.55. The van der Waals surface area contributed by atoms with E-state index in [1.54, 1.807) is 30.3 Å². The topological polar surface area (TPSA) is 63.7 Å². The van der Waals surface area contributed by atoms with E-state index in [0.717, 1.165) is 6.41 Å². The maximum Gasteiger partial charge on any atom is 0.216 e. The van der Waals surface area contributed by atoms with Crippen molar-refractivity contribution in [1.82, 2.24) is 15.2 Å². The molecule has 2 heterocycles. The van der Waals surface area contributed by atoms with Crippen LogP contribution in [-0.2, 0) is 4.79 Å². The molecule has 1 N–H and O–H groups in total. The Balaban J connectivity index is 1.63. The Kier molecular flexibility index (Phi) is 5.94. The van der Waals surface area contributed by atoms with Gasteiger partial charge >= 0.3 is 0 Å². The van der Waals surface area contributed by atoms with Crippen LogP contribution in [0.5, 0.6) is 11.6 Å². The van der Waals surface area contributed by atoms with E-state index in [1.807, 2.05) is 0 Å². The van der Waals surface area contributed by atoms with Gasteiger partial charge in [-0.25, -0.2) is 9.37 Å². The number of carbonyl (C=O) groups excluding carboxylic acids is 1. The Morgan fingerprint density at radius 1 is 1.50 bits per heavy atom. The van der Waals surface area contributed by atoms with Crippen LogP contribution < -0.4 is 14.8 Å². The first-order valence-corrected chi connectivity index (χ1v) is 7.37. The van der Waals surface area contributed by atoms with Gasteiger partial charge in [0.15, 0.2) is 0 Å². The third kappa shape index (κ3) is 4.84. The Morgan fingerprint density at radius 3 is 2.95 bits per heavy atom. The summed E-state index contributed by atoms with van der Waals surface area (Å²) in [5.41, 5.74) is -1.24. The predicted molar refractivity (Wildman–Crippen MR) is 79.9 cm³/mol. The molecule has 1 aliphatic heterocycles. The lowest BCUT2D eigenvalue weighted by atomic mass is 9.93. The molecule has 0 saturated carbocycles. The highest BCUT2D eigenvalue weighted by molar-refractivity contribution is 5.47. The number of hydrogen-bond donors (Lipinski definition) is 1. The Bertz CT molecular complexity index is 479. The summed E-state index contributed by atoms with van der Waals surface area (Å²) in [6, 6.07) is 3.44. The van der Waals surface area contributed by atoms with E-state index in [4.69, 9.17) is 9.47 Å². The molecular formula is C15H22FN3O3. The zero-order valence-corrected chi connectivity index (χ0v) is 12.8. The van der Waals surface area contributed by atoms with Crippen molar-refractivity contribution in [2.24, 2.45) is 0 Å². The van der Waals surface area contributed by atoms with Gasteiger partial charge in [0, 0.05) is 51.3 Å². The van der Waals surface area contributed by atoms with Gasteiger partial charge in [-0.3, -0.25) is 4.79 Å². The molecule has 0 aromatic carbocycles. The number of alkyl halides is 1. The third-order valence-corrected chi connectivity index (χ3v) is 3.76. The summed E-state index contributed by atoms with van der Waals surface area (Å²) in [6.45, 7) is 2.16. The monoisotopic (exact) mass is 311 g/mol. The molecule has 1 aliphatic rings. The van der Waals surface area contributed by atoms with Crippen molar-refractivity contribution >= 4 is 6.41 Å². The van der Waals surface area contributed by atoms with Crippen molar-refractivity contribution in [2.45, 2.75) is 18.5 Å². The van der Waals surface area contributed by atoms with Crippen LogP contribution in [0.4, 0.5) is 4.39 Å². The van der Waals surface area contributed by atoms with Gasteiger partial charge in [0.2, 0.25) is 12.3 Å². The molecule has 0 unspecified atom stereocenters. The number of pyridine rings is 1. The lowest BCUT2D eigenvalue weighted by Gasteiger charge is -2.34. The summed E-state index contributed by atoms with van der Waals surface area (Å²) in [6.07, 6.45) is 3.13. The highest BCUT2D eigenvalue weighted by Gasteiger charge is 2.33. The fourth-order valence-corrected chi connectivity index (χ4v) is 2.34. The van der Waals surface area contributed by atoms with Gasteiger partial charge in [-0.1, -0.05) is 0 Å². The van der Waals surface area contributed by atoms with Gasteiger partial charge in [0.25, 0.3) is 0 Å². The zero-order valence-electron chi connectivity index (χ0n) is 12.8. The second-order valence-corrected chi connectivity index (χ2v) is 5.35. The number of piperidine rings is 1. The summed E-state index contributed by atoms with van der Waals surface area (Å²) in [4.78, 5) is 16.3. The Hall–Kier alpha value is -1.89. The van der Waals surface area contributed by atoms with Gasteiger partial charge in [0.05, 0.1) is 7.11 Å². The molecule has 122 valence electrons. The van der Waals surface area contributed by atoms with E-state index in [1.165, 1.54) is 0 Å². The largest absolute Gasteiger partial charge is 0.497 e. The number of nitrogens with zero attached hydrogens (tertiary/aromatic N) is 2. The standard InChI is InChI=1S/C15H22FN3O3/c1-21-13-2-5-18-14(10-13)22-9-6-17-11-15(16)3-7-19(12-20)8-4-15/h2,5,10,12,17H,3-4,6-9,11H2,1H3. The van der Waals surface area contributed by atoms with Crippen molar-refractivity contribution in [3.63, 3.8) is 0 Å². The number of ether oxygens (including phenoxy) is 2. The SMILES string of the molecule is COc1ccnc(OCCNCC2(F)CCN(C=O)CC2)c1. The van der Waals surface area contributed by atoms with Crippen molar-refractivity contribution in [3.05, 3.63) is 18.3 Å². The molecule has 7 heteroatoms. The number of nitrogens with one attached hydrogen (secondary N) is 1. The first kappa shape index (κ1) is 16.5. The smallest absolute Gasteiger partial charge is 0.216 e. The maximum atomic E-state index is 14.5. The Morgan fingerprint density at radius 2 is 2.27 bits per heavy atom. The van der Waals surface area contributed by atoms with Crippen LogP contribution in [0.25, 0.3) is 0 Å². The van der Waals surface area contributed by atoms with Gasteiger partial charge in [-0.15, -0.1) is 0 Å². The number of carbonyl (C=O) groups is 1. The molecule has 1 aromatic rings. The molecule has 1 aromatic heterocycles. The van der Waals surface area contributed by atoms with Gasteiger partial charge in [0.1, 0.15) is 18.0 Å². The first-order valence-electron chi connectivity index (χ1n) is 7.37. The molecule has 1 saturated heterocycles. The van der Waals surface area contributed by atoms with Gasteiger partial charge in [-0.05, 0) is 6.07 Å². The highest BCUT2D eigenvalue weighted by atomic mass is 19.1. The second-order valence-electron chi connectivity index (χ2n) is 5.35. The summed E-state index contributed by atoms with van der Waals surface area (Å²) in [5, 5.41) is 3.06. The molecule has 0 bridgehead atoms. The number of rotatable bonds is 8. The molecule has 6 nitrogen and oxygen atoms in total. The molecule has 1 fully saturated rings. The molecule has 0 radical (unpaired) electrons. The van der Waals surface area contributed by atoms with Gasteiger partial charge < -0.3 is 19.7 Å². The van der Waals surface area contributed by atoms with E-state index in [0.29, 0.717) is 50.7 Å². The molecule has 2 rings (SSSR count). The minimum Gasteiger partial charge on any atom is -0.497 e. The molecule has 1 amide bonds. The van der Waals surface area contributed by atoms with Crippen molar-refractivity contribution < 1.29 is 18.7 Å². The van der Waals surface area contributed by atoms with Crippen LogP contribution in [0, 0.1) is 0 Å². The second kappa shape index (κ2) is 7.93. The summed E-state index contributed by atoms with van der Waals surface area (Å²) < 4.78 is 25.0. The average molecular weight is 311 g/mol. The predicted octanol–water partition coefficient (Wildman–Crippen LogP) is 1.02. The fraction of sp³-hybridized carbons (Fsp3) is 0.600. The number of halogens is 1. The number of hydrogen-bond acceptors (Lipinski definition) is 5. The summed E-state index contributed by atoms with van der Waals surface area (Å²) >= 11 is 0. The van der Waals surface area contributed by atoms with E-state index in [2.05, 4.69) is 10.3 Å². The van der Waals surface area contributed by atoms with Crippen LogP contribution in [-0.4, -0.2) is 61.9 Å². The van der Waals surface area contributed by atoms with Crippen LogP contribution in [0.3, 0.4) is 0 Å². The van der Waals surface area contributed by atoms with Crippen molar-refractivity contribution in [3.8, 4) is 11.6 Å². The van der Waals surface area contributed by atoms with E-state index < -0.39 is 5.67 Å². The lowest BCUT2D eigenvalue weighted by Crippen LogP contribution is -2.47. The van der Waals surface area contributed by atoms with Crippen LogP contribution in [0.15, 0.2) is 18.3 Å². The number of likely N-dealkylation sites (tertiary alicyclic amines) is 1. The van der Waals surface area contributed by atoms with Crippen LogP contribution >= 0.6 is 0 Å². The molecule has 0 spiro atoms. The number of amides is 1. The van der Waals surface area contributed by atoms with Crippen molar-refractivity contribution in [1.29, 1.82) is 0 Å². The van der Waals surface area contributed by atoms with Crippen LogP contribution in [0.2, 0.25) is 0 Å². The third-order valence-electron chi connectivity index (χ3n) is 3.76. The van der Waals surface area contributed by atoms with Crippen molar-refractivity contribution in [2.75, 3.05) is 39.9 Å². The van der Waals surface area contributed by atoms with Gasteiger partial charge in [-0.2, -0.15) is 0 Å². The van der Waals surface area contributed by atoms with E-state index >= 15 is 0 Å². The van der Waals surface area contributed by atoms with E-state index in [-0.39, 0.29) is 6.54 Å². The maximum absolute atomic E-state index is 14.5. The molecule has 0 aliphatic carbocycles. The highest BCUT2D eigenvalue weighted by Crippen LogP contribution is 2.25. The number of methoxy groups -OCH3 is 1. The minimum absolute atomic E-state index is 0.272. The quantitative estimate of drug-likeness (QED) is 0.574. The normalized spacial score (nSPS) is 17.1. The molecule has 0 atom stereocenters. The fourth-order valence-electron chi connectivity index (χ4n) is 2.34. The zero-order chi connectivity index (χ0) is 15.8. The summed E-state index contributed by atoms with van der Waals surface area (Å²) in [7, 11) is 1.58. The minimum atomic E-state index is -1.24. The van der Waals surface area contributed by atoms with Crippen LogP contribution in [0.1, 0.15) is 12.8 Å². The van der Waals surface area contributed by atoms with E-state index in [9.17, 15) is 9.18 Å².